The average molecular weight is 331 g/mol. The molecule has 0 spiro atoms. The molecule has 1 saturated carbocycles. The van der Waals surface area contributed by atoms with Crippen LogP contribution in [0.2, 0.25) is 5.02 Å². The Morgan fingerprint density at radius 2 is 1.95 bits per heavy atom. The summed E-state index contributed by atoms with van der Waals surface area (Å²) in [5, 5.41) is 0.388. The molecule has 1 aromatic carbocycles. The number of carbonyl (C=O) groups is 1. The average Bonchev–Trinajstić information content (AvgIpc) is 2.82. The SMILES string of the molecule is COc1cc(N)c(Cl)cc1C(=O)N1CC2C(C1)C2(C)C.Cl. The third kappa shape index (κ3) is 2.44. The van der Waals surface area contributed by atoms with Gasteiger partial charge in [0, 0.05) is 19.2 Å². The number of anilines is 1. The summed E-state index contributed by atoms with van der Waals surface area (Å²) in [6.07, 6.45) is 0. The number of halogens is 2. The van der Waals surface area contributed by atoms with Crippen LogP contribution in [0.5, 0.6) is 5.75 Å². The van der Waals surface area contributed by atoms with Crippen molar-refractivity contribution in [2.45, 2.75) is 13.8 Å². The first-order valence-corrected chi connectivity index (χ1v) is 7.16. The van der Waals surface area contributed by atoms with Gasteiger partial charge < -0.3 is 15.4 Å². The third-order valence-corrected chi connectivity index (χ3v) is 5.29. The standard InChI is InChI=1S/C15H19ClN2O2.ClH/c1-15(2)9-6-18(7-10(9)15)14(19)8-4-11(16)12(17)5-13(8)20-3;/h4-5,9-10H,6-7,17H2,1-3H3;1H. The molecule has 0 bridgehead atoms. The number of fused-ring (bicyclic) bond motifs is 1. The zero-order valence-corrected chi connectivity index (χ0v) is 13.9. The Hall–Kier alpha value is -1.13. The van der Waals surface area contributed by atoms with Crippen LogP contribution >= 0.6 is 24.0 Å². The topological polar surface area (TPSA) is 55.6 Å². The summed E-state index contributed by atoms with van der Waals surface area (Å²) in [5.41, 5.74) is 7.05. The van der Waals surface area contributed by atoms with E-state index in [-0.39, 0.29) is 18.3 Å². The van der Waals surface area contributed by atoms with Gasteiger partial charge >= 0.3 is 0 Å². The first kappa shape index (κ1) is 16.2. The van der Waals surface area contributed by atoms with Crippen molar-refractivity contribution >= 4 is 35.6 Å². The maximum absolute atomic E-state index is 12.6. The summed E-state index contributed by atoms with van der Waals surface area (Å²) >= 11 is 6.02. The van der Waals surface area contributed by atoms with Gasteiger partial charge in [-0.2, -0.15) is 0 Å². The van der Waals surface area contributed by atoms with E-state index in [1.807, 2.05) is 4.90 Å². The van der Waals surface area contributed by atoms with Crippen molar-refractivity contribution in [3.63, 3.8) is 0 Å². The fourth-order valence-electron chi connectivity index (χ4n) is 3.37. The second-order valence-electron chi connectivity index (χ2n) is 6.32. The summed E-state index contributed by atoms with van der Waals surface area (Å²) in [6, 6.07) is 3.21. The summed E-state index contributed by atoms with van der Waals surface area (Å²) in [6.45, 7) is 6.18. The minimum absolute atomic E-state index is 0. The van der Waals surface area contributed by atoms with E-state index < -0.39 is 0 Å². The molecular formula is C15H20Cl2N2O2. The maximum atomic E-state index is 12.6. The predicted molar refractivity (Wildman–Crippen MR) is 86.3 cm³/mol. The molecule has 2 atom stereocenters. The highest BCUT2D eigenvalue weighted by Gasteiger charge is 2.62. The largest absolute Gasteiger partial charge is 0.496 e. The molecule has 2 fully saturated rings. The third-order valence-electron chi connectivity index (χ3n) is 4.96. The fraction of sp³-hybridized carbons (Fsp3) is 0.533. The van der Waals surface area contributed by atoms with E-state index in [1.54, 1.807) is 12.1 Å². The van der Waals surface area contributed by atoms with Crippen LogP contribution in [-0.4, -0.2) is 31.0 Å². The molecule has 1 aliphatic carbocycles. The molecule has 2 N–H and O–H groups in total. The number of hydrogen-bond donors (Lipinski definition) is 1. The Morgan fingerprint density at radius 1 is 1.38 bits per heavy atom. The van der Waals surface area contributed by atoms with Crippen molar-refractivity contribution < 1.29 is 9.53 Å². The first-order valence-electron chi connectivity index (χ1n) is 6.78. The minimum atomic E-state index is -0.0215. The van der Waals surface area contributed by atoms with E-state index in [0.717, 1.165) is 13.1 Å². The number of benzene rings is 1. The molecule has 0 aromatic heterocycles. The van der Waals surface area contributed by atoms with Crippen molar-refractivity contribution in [3.05, 3.63) is 22.7 Å². The lowest BCUT2D eigenvalue weighted by Crippen LogP contribution is -2.33. The summed E-state index contributed by atoms with van der Waals surface area (Å²) in [5.74, 6) is 1.71. The number of methoxy groups -OCH3 is 1. The molecule has 1 heterocycles. The number of nitrogens with zero attached hydrogens (tertiary/aromatic N) is 1. The molecule has 1 amide bonds. The second kappa shape index (κ2) is 5.25. The van der Waals surface area contributed by atoms with Gasteiger partial charge in [-0.1, -0.05) is 25.4 Å². The van der Waals surface area contributed by atoms with Gasteiger partial charge in [-0.25, -0.2) is 0 Å². The highest BCUT2D eigenvalue weighted by molar-refractivity contribution is 6.33. The molecule has 116 valence electrons. The summed E-state index contributed by atoms with van der Waals surface area (Å²) < 4.78 is 5.25. The van der Waals surface area contributed by atoms with E-state index in [1.165, 1.54) is 7.11 Å². The number of nitrogen functional groups attached to an aromatic ring is 1. The Bertz CT molecular complexity index is 575. The Labute approximate surface area is 136 Å². The quantitative estimate of drug-likeness (QED) is 0.848. The van der Waals surface area contributed by atoms with Gasteiger partial charge in [0.05, 0.1) is 23.4 Å². The highest BCUT2D eigenvalue weighted by Crippen LogP contribution is 2.62. The first-order chi connectivity index (χ1) is 9.36. The number of likely N-dealkylation sites (tertiary alicyclic amines) is 1. The smallest absolute Gasteiger partial charge is 0.257 e. The molecule has 3 rings (SSSR count). The predicted octanol–water partition coefficient (Wildman–Crippen LogP) is 3.08. The van der Waals surface area contributed by atoms with Crippen molar-refractivity contribution in [2.75, 3.05) is 25.9 Å². The van der Waals surface area contributed by atoms with Crippen LogP contribution in [0.4, 0.5) is 5.69 Å². The Kier molecular flexibility index (Phi) is 4.06. The van der Waals surface area contributed by atoms with Gasteiger partial charge in [0.1, 0.15) is 5.75 Å². The van der Waals surface area contributed by atoms with E-state index in [9.17, 15) is 4.79 Å². The van der Waals surface area contributed by atoms with E-state index in [2.05, 4.69) is 13.8 Å². The molecular weight excluding hydrogens is 311 g/mol. The van der Waals surface area contributed by atoms with Crippen molar-refractivity contribution in [2.24, 2.45) is 17.3 Å². The van der Waals surface area contributed by atoms with Crippen LogP contribution in [0.25, 0.3) is 0 Å². The molecule has 6 heteroatoms. The highest BCUT2D eigenvalue weighted by atomic mass is 35.5. The molecule has 1 saturated heterocycles. The summed E-state index contributed by atoms with van der Waals surface area (Å²) in [7, 11) is 1.53. The van der Waals surface area contributed by atoms with Gasteiger partial charge in [0.2, 0.25) is 0 Å². The number of carbonyl (C=O) groups excluding carboxylic acids is 1. The van der Waals surface area contributed by atoms with E-state index in [0.29, 0.717) is 39.3 Å². The molecule has 2 unspecified atom stereocenters. The van der Waals surface area contributed by atoms with Crippen LogP contribution in [-0.2, 0) is 0 Å². The Morgan fingerprint density at radius 3 is 2.48 bits per heavy atom. The second-order valence-corrected chi connectivity index (χ2v) is 6.73. The monoisotopic (exact) mass is 330 g/mol. The van der Waals surface area contributed by atoms with Gasteiger partial charge in [-0.3, -0.25) is 4.79 Å². The van der Waals surface area contributed by atoms with Gasteiger partial charge in [0.25, 0.3) is 5.91 Å². The Balaban J connectivity index is 0.00000161. The molecule has 2 aliphatic rings. The van der Waals surface area contributed by atoms with E-state index in [4.69, 9.17) is 22.1 Å². The molecule has 4 nitrogen and oxygen atoms in total. The number of rotatable bonds is 2. The zero-order chi connectivity index (χ0) is 14.7. The summed E-state index contributed by atoms with van der Waals surface area (Å²) in [4.78, 5) is 14.5. The van der Waals surface area contributed by atoms with Crippen molar-refractivity contribution in [3.8, 4) is 5.75 Å². The van der Waals surface area contributed by atoms with Gasteiger partial charge in [-0.15, -0.1) is 12.4 Å². The van der Waals surface area contributed by atoms with Crippen LogP contribution in [0, 0.1) is 17.3 Å². The van der Waals surface area contributed by atoms with Crippen LogP contribution in [0.3, 0.4) is 0 Å². The van der Waals surface area contributed by atoms with E-state index >= 15 is 0 Å². The molecule has 0 radical (unpaired) electrons. The number of ether oxygens (including phenoxy) is 1. The molecule has 21 heavy (non-hydrogen) atoms. The maximum Gasteiger partial charge on any atom is 0.257 e. The minimum Gasteiger partial charge on any atom is -0.496 e. The van der Waals surface area contributed by atoms with Crippen LogP contribution < -0.4 is 10.5 Å². The fourth-order valence-corrected chi connectivity index (χ4v) is 3.54. The van der Waals surface area contributed by atoms with Crippen LogP contribution in [0.15, 0.2) is 12.1 Å². The zero-order valence-electron chi connectivity index (χ0n) is 12.4. The normalized spacial score (nSPS) is 25.0. The lowest BCUT2D eigenvalue weighted by atomic mass is 10.1. The molecule has 1 aromatic rings. The number of piperidine rings is 1. The lowest BCUT2D eigenvalue weighted by Gasteiger charge is -2.23. The van der Waals surface area contributed by atoms with Crippen molar-refractivity contribution in [1.29, 1.82) is 0 Å². The lowest BCUT2D eigenvalue weighted by molar-refractivity contribution is 0.0755. The van der Waals surface area contributed by atoms with Crippen LogP contribution in [0.1, 0.15) is 24.2 Å². The van der Waals surface area contributed by atoms with Gasteiger partial charge in [-0.05, 0) is 23.3 Å². The number of hydrogen-bond acceptors (Lipinski definition) is 3. The number of nitrogens with two attached hydrogens (primary N) is 1. The van der Waals surface area contributed by atoms with Gasteiger partial charge in [0.15, 0.2) is 0 Å². The number of amides is 1. The van der Waals surface area contributed by atoms with Crippen molar-refractivity contribution in [1.82, 2.24) is 4.90 Å². The molecule has 1 aliphatic heterocycles.